The number of benzene rings is 2. The van der Waals surface area contributed by atoms with Crippen molar-refractivity contribution < 1.29 is 4.63 Å². The summed E-state index contributed by atoms with van der Waals surface area (Å²) in [5.41, 5.74) is 13.2. The third-order valence-electron chi connectivity index (χ3n) is 4.69. The van der Waals surface area contributed by atoms with E-state index >= 15 is 0 Å². The number of nitrogens with two attached hydrogens (primary N) is 1. The Morgan fingerprint density at radius 3 is 2.15 bits per heavy atom. The molecular formula is C24H22N8O. The highest BCUT2D eigenvalue weighted by Crippen LogP contribution is 2.18. The van der Waals surface area contributed by atoms with Crippen LogP contribution in [0.3, 0.4) is 0 Å². The summed E-state index contributed by atoms with van der Waals surface area (Å²) in [5, 5.41) is 20.1. The maximum atomic E-state index is 5.76. The number of nitrogens with one attached hydrogen (secondary N) is 1. The van der Waals surface area contributed by atoms with Crippen LogP contribution in [-0.4, -0.2) is 31.0 Å². The molecule has 0 aliphatic rings. The quantitative estimate of drug-likeness (QED) is 0.316. The van der Waals surface area contributed by atoms with Crippen molar-refractivity contribution in [2.75, 3.05) is 5.73 Å². The molecule has 4 rings (SSSR count). The second-order valence-electron chi connectivity index (χ2n) is 7.02. The first-order chi connectivity index (χ1) is 16.1. The number of aromatic nitrogens is 5. The Hall–Kier alpha value is -4.79. The fraction of sp³-hybridized carbons (Fsp3) is 0.0417. The minimum atomic E-state index is 0.116. The molecule has 33 heavy (non-hydrogen) atoms. The Bertz CT molecular complexity index is 1270. The number of nitrogen functional groups attached to an aromatic ring is 1. The molecule has 0 aliphatic heterocycles. The van der Waals surface area contributed by atoms with Crippen LogP contribution in [0.25, 0.3) is 23.7 Å². The molecule has 0 aliphatic carbocycles. The highest BCUT2D eigenvalue weighted by molar-refractivity contribution is 6.08. The van der Waals surface area contributed by atoms with Gasteiger partial charge in [-0.2, -0.15) is 9.78 Å². The minimum Gasteiger partial charge on any atom is -0.378 e. The van der Waals surface area contributed by atoms with Crippen LogP contribution in [0.5, 0.6) is 0 Å². The zero-order chi connectivity index (χ0) is 23.0. The normalized spacial score (nSPS) is 11.2. The molecule has 4 aromatic rings. The fourth-order valence-corrected chi connectivity index (χ4v) is 2.95. The van der Waals surface area contributed by atoms with Gasteiger partial charge in [-0.15, -0.1) is 5.10 Å². The van der Waals surface area contributed by atoms with Gasteiger partial charge in [-0.1, -0.05) is 84.6 Å². The van der Waals surface area contributed by atoms with Gasteiger partial charge in [0.05, 0.1) is 17.1 Å². The molecule has 3 N–H and O–H groups in total. The lowest BCUT2D eigenvalue weighted by atomic mass is 10.1. The van der Waals surface area contributed by atoms with Gasteiger partial charge in [0, 0.05) is 0 Å². The van der Waals surface area contributed by atoms with E-state index in [0.29, 0.717) is 22.8 Å². The van der Waals surface area contributed by atoms with E-state index in [2.05, 4.69) is 42.4 Å². The van der Waals surface area contributed by atoms with Crippen molar-refractivity contribution in [1.82, 2.24) is 30.7 Å². The number of rotatable bonds is 8. The topological polar surface area (TPSA) is 120 Å². The number of hydrazone groups is 1. The summed E-state index contributed by atoms with van der Waals surface area (Å²) in [6.45, 7) is 5.85. The SMILES string of the molecule is C=C(NN=C(/C=C/c1ccccc1)/C=C/c1ccccc1)c1nnn(-c2nonc2N)c1C. The van der Waals surface area contributed by atoms with Crippen molar-refractivity contribution in [3.05, 3.63) is 102 Å². The standard InChI is InChI=1S/C24H22N8O/c1-17(22-18(2)32(31-28-22)24-23(25)29-33-30-24)26-27-21(15-13-19-9-5-3-6-10-19)16-14-20-11-7-4-8-12-20/h3-16,26H,1H2,2H3,(H2,25,29)/b15-13+,16-14+. The van der Waals surface area contributed by atoms with E-state index in [4.69, 9.17) is 5.73 Å². The van der Waals surface area contributed by atoms with Gasteiger partial charge >= 0.3 is 0 Å². The number of hydrogen-bond donors (Lipinski definition) is 2. The lowest BCUT2D eigenvalue weighted by Gasteiger charge is -2.04. The maximum Gasteiger partial charge on any atom is 0.243 e. The van der Waals surface area contributed by atoms with E-state index < -0.39 is 0 Å². The number of nitrogens with zero attached hydrogens (tertiary/aromatic N) is 6. The van der Waals surface area contributed by atoms with Gasteiger partial charge < -0.3 is 5.73 Å². The van der Waals surface area contributed by atoms with Crippen molar-refractivity contribution in [3.8, 4) is 5.82 Å². The predicted molar refractivity (Wildman–Crippen MR) is 129 cm³/mol. The van der Waals surface area contributed by atoms with Gasteiger partial charge in [0.2, 0.25) is 11.6 Å². The Morgan fingerprint density at radius 1 is 1.00 bits per heavy atom. The van der Waals surface area contributed by atoms with Gasteiger partial charge in [0.15, 0.2) is 0 Å². The fourth-order valence-electron chi connectivity index (χ4n) is 2.95. The average Bonchev–Trinajstić information content (AvgIpc) is 3.44. The number of anilines is 1. The van der Waals surface area contributed by atoms with Crippen LogP contribution in [-0.2, 0) is 0 Å². The van der Waals surface area contributed by atoms with E-state index in [1.807, 2.05) is 91.9 Å². The monoisotopic (exact) mass is 438 g/mol. The van der Waals surface area contributed by atoms with Crippen LogP contribution < -0.4 is 11.2 Å². The van der Waals surface area contributed by atoms with Crippen molar-refractivity contribution in [3.63, 3.8) is 0 Å². The minimum absolute atomic E-state index is 0.116. The number of hydrogen-bond acceptors (Lipinski definition) is 8. The molecule has 0 spiro atoms. The van der Waals surface area contributed by atoms with Crippen LogP contribution >= 0.6 is 0 Å². The molecule has 0 atom stereocenters. The highest BCUT2D eigenvalue weighted by atomic mass is 16.6. The first-order valence-corrected chi connectivity index (χ1v) is 10.1. The molecule has 164 valence electrons. The summed E-state index contributed by atoms with van der Waals surface area (Å²) < 4.78 is 6.08. The van der Waals surface area contributed by atoms with Crippen LogP contribution in [0.1, 0.15) is 22.5 Å². The maximum absolute atomic E-state index is 5.76. The van der Waals surface area contributed by atoms with Crippen LogP contribution in [0.4, 0.5) is 5.82 Å². The second kappa shape index (κ2) is 10.0. The van der Waals surface area contributed by atoms with Gasteiger partial charge in [0.25, 0.3) is 0 Å². The third-order valence-corrected chi connectivity index (χ3v) is 4.69. The highest BCUT2D eigenvalue weighted by Gasteiger charge is 2.17. The first kappa shape index (κ1) is 21.4. The van der Waals surface area contributed by atoms with E-state index in [1.165, 1.54) is 4.68 Å². The molecule has 2 heterocycles. The molecule has 0 amide bonds. The Morgan fingerprint density at radius 2 is 1.61 bits per heavy atom. The van der Waals surface area contributed by atoms with E-state index in [1.54, 1.807) is 0 Å². The number of allylic oxidation sites excluding steroid dienone is 2. The molecule has 0 saturated carbocycles. The molecule has 0 unspecified atom stereocenters. The van der Waals surface area contributed by atoms with Crippen molar-refractivity contribution in [2.24, 2.45) is 5.10 Å². The van der Waals surface area contributed by atoms with E-state index in [9.17, 15) is 0 Å². The van der Waals surface area contributed by atoms with Crippen LogP contribution in [0, 0.1) is 6.92 Å². The Labute approximate surface area is 190 Å². The van der Waals surface area contributed by atoms with Gasteiger partial charge in [-0.25, -0.2) is 4.63 Å². The lowest BCUT2D eigenvalue weighted by Crippen LogP contribution is -2.08. The summed E-state index contributed by atoms with van der Waals surface area (Å²) in [6, 6.07) is 20.0. The zero-order valence-electron chi connectivity index (χ0n) is 18.0. The first-order valence-electron chi connectivity index (χ1n) is 10.1. The third kappa shape index (κ3) is 5.28. The van der Waals surface area contributed by atoms with Gasteiger partial charge in [-0.05, 0) is 40.5 Å². The molecule has 0 radical (unpaired) electrons. The summed E-state index contributed by atoms with van der Waals surface area (Å²) in [7, 11) is 0. The molecule has 0 bridgehead atoms. The zero-order valence-corrected chi connectivity index (χ0v) is 18.0. The van der Waals surface area contributed by atoms with Gasteiger partial charge in [-0.3, -0.25) is 5.43 Å². The summed E-state index contributed by atoms with van der Waals surface area (Å²) in [4.78, 5) is 0. The summed E-state index contributed by atoms with van der Waals surface area (Å²) >= 11 is 0. The van der Waals surface area contributed by atoms with E-state index in [-0.39, 0.29) is 11.6 Å². The molecular weight excluding hydrogens is 416 g/mol. The lowest BCUT2D eigenvalue weighted by molar-refractivity contribution is 0.306. The van der Waals surface area contributed by atoms with E-state index in [0.717, 1.165) is 11.1 Å². The van der Waals surface area contributed by atoms with Crippen molar-refractivity contribution >= 4 is 29.4 Å². The molecule has 2 aromatic carbocycles. The summed E-state index contributed by atoms with van der Waals surface area (Å²) in [5.74, 6) is 0.380. The molecule has 9 heteroatoms. The largest absolute Gasteiger partial charge is 0.378 e. The summed E-state index contributed by atoms with van der Waals surface area (Å²) in [6.07, 6.45) is 7.81. The Kier molecular flexibility index (Phi) is 6.51. The molecule has 2 aromatic heterocycles. The molecule has 0 fully saturated rings. The van der Waals surface area contributed by atoms with Crippen molar-refractivity contribution in [2.45, 2.75) is 6.92 Å². The van der Waals surface area contributed by atoms with Crippen LogP contribution in [0.2, 0.25) is 0 Å². The van der Waals surface area contributed by atoms with Crippen LogP contribution in [0.15, 0.2) is 89.1 Å². The Balaban J connectivity index is 1.56. The van der Waals surface area contributed by atoms with Gasteiger partial charge in [0.1, 0.15) is 5.69 Å². The smallest absolute Gasteiger partial charge is 0.243 e. The second-order valence-corrected chi connectivity index (χ2v) is 7.02. The molecule has 9 nitrogen and oxygen atoms in total. The average molecular weight is 438 g/mol. The van der Waals surface area contributed by atoms with Crippen molar-refractivity contribution in [1.29, 1.82) is 0 Å². The predicted octanol–water partition coefficient (Wildman–Crippen LogP) is 3.88. The molecule has 0 saturated heterocycles.